The van der Waals surface area contributed by atoms with Crippen molar-refractivity contribution in [2.75, 3.05) is 110 Å². The van der Waals surface area contributed by atoms with Crippen LogP contribution in [0.25, 0.3) is 0 Å². The van der Waals surface area contributed by atoms with Crippen LogP contribution in [0.15, 0.2) is 35.2 Å². The molecule has 1 aliphatic rings. The number of aliphatic carboxylic acids is 1. The van der Waals surface area contributed by atoms with Crippen molar-refractivity contribution in [2.24, 2.45) is 55.2 Å². The van der Waals surface area contributed by atoms with E-state index in [9.17, 15) is 57.8 Å². The molecule has 35 heteroatoms. The molecule has 0 bridgehead atoms. The Morgan fingerprint density at radius 3 is 0.820 bits per heavy atom. The fourth-order valence-electron chi connectivity index (χ4n) is 13.9. The maximum absolute atomic E-state index is 13.3. The predicted molar refractivity (Wildman–Crippen MR) is 553 cm³/mol. The van der Waals surface area contributed by atoms with Crippen LogP contribution >= 0.6 is 35.3 Å². The van der Waals surface area contributed by atoms with Gasteiger partial charge in [-0.15, -0.1) is 0 Å². The topological polar surface area (TPSA) is 346 Å². The molecular formula is C98H188O27S3Si5. The first kappa shape index (κ1) is 136. The van der Waals surface area contributed by atoms with E-state index < -0.39 is 115 Å². The number of allylic oxidation sites excluding steroid dienone is 2. The Kier molecular flexibility index (Phi) is 67.1. The van der Waals surface area contributed by atoms with Gasteiger partial charge in [0.2, 0.25) is 41.6 Å². The van der Waals surface area contributed by atoms with E-state index in [-0.39, 0.29) is 73.4 Å². The largest absolute Gasteiger partial charge is 0.520 e. The Morgan fingerprint density at radius 2 is 0.602 bits per heavy atom. The van der Waals surface area contributed by atoms with Gasteiger partial charge in [-0.25, -0.2) is 4.79 Å². The SMILES string of the molecule is C1CCOC1.C=C(C)C(=O)OCCSC.CCCCOC(=O)C(C)(C)CC(C)(C/C(C)=C(/OC)O[Si](C)(C)C)C(=O)O[Si](C)(C)C.CCCCOC(=O)C(C)(C)CC(C)(C/C(C)=C(/OC)O[Si](C)(C)C)C(=O)O[Si](C)(C)C.CCCCOC(=O)C(C)(C)CC(C)(CC(C)C(=O)OCCSC)C(=O)O.CCCCOC(=O)C(C)(C)CC(C)(CC(C)C(=O)OCCSC)C(=O)O[Si](C)(C)C. The van der Waals surface area contributed by atoms with Crippen LogP contribution in [0.5, 0.6) is 0 Å². The van der Waals surface area contributed by atoms with E-state index in [0.717, 1.165) is 87.2 Å². The molecule has 1 saturated heterocycles. The van der Waals surface area contributed by atoms with E-state index in [1.54, 1.807) is 112 Å². The van der Waals surface area contributed by atoms with Gasteiger partial charge in [0.05, 0.1) is 95.8 Å². The van der Waals surface area contributed by atoms with Crippen molar-refractivity contribution in [1.82, 2.24) is 0 Å². The number of hydrogen-bond donors (Lipinski definition) is 1. The molecule has 0 radical (unpaired) electrons. The number of ether oxygens (including phenoxy) is 10. The summed E-state index contributed by atoms with van der Waals surface area (Å²) < 4.78 is 82.6. The number of methoxy groups -OCH3 is 2. The summed E-state index contributed by atoms with van der Waals surface area (Å²) in [5.74, 6) is -2.21. The van der Waals surface area contributed by atoms with Crippen LogP contribution < -0.4 is 0 Å². The molecule has 1 rings (SSSR count). The molecule has 1 aliphatic heterocycles. The summed E-state index contributed by atoms with van der Waals surface area (Å²) in [4.78, 5) is 137. The molecule has 0 aliphatic carbocycles. The zero-order valence-electron chi connectivity index (χ0n) is 90.9. The summed E-state index contributed by atoms with van der Waals surface area (Å²) in [5, 5.41) is 9.73. The van der Waals surface area contributed by atoms with Gasteiger partial charge >= 0.3 is 47.8 Å². The number of esters is 7. The Hall–Kier alpha value is -5.32. The van der Waals surface area contributed by atoms with Crippen molar-refractivity contribution in [1.29, 1.82) is 0 Å². The molecule has 1 heterocycles. The third-order valence-electron chi connectivity index (χ3n) is 19.9. The van der Waals surface area contributed by atoms with Crippen LogP contribution in [0.3, 0.4) is 0 Å². The minimum Gasteiger partial charge on any atom is -0.520 e. The summed E-state index contributed by atoms with van der Waals surface area (Å²) in [7, 11) is -7.03. The molecule has 1 N–H and O–H groups in total. The van der Waals surface area contributed by atoms with Crippen LogP contribution in [-0.2, 0) is 122 Å². The predicted octanol–water partition coefficient (Wildman–Crippen LogP) is 23.6. The van der Waals surface area contributed by atoms with Gasteiger partial charge in [0.1, 0.15) is 19.8 Å². The van der Waals surface area contributed by atoms with Crippen molar-refractivity contribution in [3.05, 3.63) is 35.2 Å². The number of hydrogen-bond acceptors (Lipinski definition) is 29. The molecule has 27 nitrogen and oxygen atoms in total. The molecule has 0 aromatic rings. The van der Waals surface area contributed by atoms with Crippen LogP contribution in [0, 0.1) is 55.2 Å². The lowest BCUT2D eigenvalue weighted by atomic mass is 9.70. The second-order valence-corrected chi connectivity index (χ2v) is 68.4. The maximum atomic E-state index is 13.3. The maximum Gasteiger partial charge on any atom is 0.333 e. The van der Waals surface area contributed by atoms with E-state index in [0.29, 0.717) is 95.1 Å². The Balaban J connectivity index is -0.000000519. The van der Waals surface area contributed by atoms with Crippen LogP contribution in [-0.4, -0.2) is 222 Å². The first-order valence-electron chi connectivity index (χ1n) is 47.3. The van der Waals surface area contributed by atoms with E-state index in [4.69, 9.17) is 69.5 Å². The van der Waals surface area contributed by atoms with Gasteiger partial charge in [-0.1, -0.05) is 73.8 Å². The average molecular weight is 2040 g/mol. The monoisotopic (exact) mass is 2030 g/mol. The highest BCUT2D eigenvalue weighted by Crippen LogP contribution is 2.46. The van der Waals surface area contributed by atoms with Gasteiger partial charge < -0.3 is 74.6 Å². The van der Waals surface area contributed by atoms with E-state index in [2.05, 4.69) is 45.9 Å². The molecule has 0 amide bonds. The Morgan fingerprint density at radius 1 is 0.361 bits per heavy atom. The van der Waals surface area contributed by atoms with Crippen LogP contribution in [0.1, 0.15) is 261 Å². The first-order valence-corrected chi connectivity index (χ1v) is 68.5. The molecule has 6 atom stereocenters. The fourth-order valence-corrected chi connectivity index (χ4v) is 18.7. The second kappa shape index (κ2) is 65.6. The Bertz CT molecular complexity index is 3430. The summed E-state index contributed by atoms with van der Waals surface area (Å²) in [5.41, 5.74) is -5.49. The van der Waals surface area contributed by atoms with Gasteiger partial charge in [-0.2, -0.15) is 35.3 Å². The number of carbonyl (C=O) groups is 11. The number of rotatable bonds is 57. The molecule has 0 saturated carbocycles. The molecular weight excluding hydrogens is 1850 g/mol. The molecule has 6 unspecified atom stereocenters. The van der Waals surface area contributed by atoms with Gasteiger partial charge in [0.25, 0.3) is 29.8 Å². The minimum absolute atomic E-state index is 0.0860. The van der Waals surface area contributed by atoms with Crippen molar-refractivity contribution >= 4 is 143 Å². The molecule has 0 spiro atoms. The van der Waals surface area contributed by atoms with Crippen LogP contribution in [0.4, 0.5) is 0 Å². The van der Waals surface area contributed by atoms with Crippen molar-refractivity contribution in [3.8, 4) is 0 Å². The summed E-state index contributed by atoms with van der Waals surface area (Å²) in [6.45, 7) is 76.6. The van der Waals surface area contributed by atoms with Gasteiger partial charge in [-0.05, 0) is 311 Å². The number of carboxylic acids is 1. The third kappa shape index (κ3) is 63.8. The summed E-state index contributed by atoms with van der Waals surface area (Å²) in [6.07, 6.45) is 17.4. The third-order valence-corrected chi connectivity index (χ3v) is 25.6. The zero-order valence-corrected chi connectivity index (χ0v) is 98.3. The standard InChI is InChI=1S/2C23H46O6Si2.C22H42O6SSi.C19H34O6S.C7H12O2S.C4H8O/c2*1-13-14-15-27-20(24)22(3,4)17-23(5,21(25)29-31(10,11)12)16-18(2)19(26-6)28-30(7,8)9;1-10-11-12-27-19(24)21(3,4)16-22(5,20(25)28-30(7,8)9)15-17(2)18(23)26-13-14-29-6;1-7-8-9-25-17(23)18(3,4)13-19(5,16(21)22)12-14(2)15(20)24-10-11-26-6;1-6(2)7(8)9-4-5-10-3;1-2-4-5-3-1/h2*13-17H2,1-12H3;17H,10-16H2,1-9H3;14H,7-13H2,1-6H3,(H,21,22);1,4-5H2,2-3H3;1-4H2/b2*19-18-;;;;. The smallest absolute Gasteiger partial charge is 0.333 e. The van der Waals surface area contributed by atoms with E-state index in [1.807, 2.05) is 161 Å². The lowest BCUT2D eigenvalue weighted by Crippen LogP contribution is -2.44. The van der Waals surface area contributed by atoms with Gasteiger partial charge in [-0.3, -0.25) is 47.9 Å². The fraction of sp³-hybridized carbons (Fsp3) is 0.827. The van der Waals surface area contributed by atoms with E-state index in [1.165, 1.54) is 12.8 Å². The van der Waals surface area contributed by atoms with Crippen molar-refractivity contribution < 1.29 is 127 Å². The van der Waals surface area contributed by atoms with Crippen molar-refractivity contribution in [2.45, 2.75) is 359 Å². The average Bonchev–Trinajstić information content (AvgIpc) is 1.56. The first-order chi connectivity index (χ1) is 60.6. The summed E-state index contributed by atoms with van der Waals surface area (Å²) >= 11 is 4.82. The second-order valence-electron chi connectivity index (χ2n) is 43.3. The van der Waals surface area contributed by atoms with Gasteiger partial charge in [0, 0.05) is 47.2 Å². The number of unbranched alkanes of at least 4 members (excludes halogenated alkanes) is 4. The van der Waals surface area contributed by atoms with Gasteiger partial charge in [0.15, 0.2) is 0 Å². The number of thioether (sulfide) groups is 3. The van der Waals surface area contributed by atoms with Crippen LogP contribution in [0.2, 0.25) is 98.2 Å². The Labute approximate surface area is 823 Å². The van der Waals surface area contributed by atoms with E-state index >= 15 is 0 Å². The highest BCUT2D eigenvalue weighted by atomic mass is 32.2. The molecule has 1 fully saturated rings. The minimum atomic E-state index is -2.15. The molecule has 780 valence electrons. The molecule has 0 aromatic heterocycles. The quantitative estimate of drug-likeness (QED) is 0.0148. The molecule has 133 heavy (non-hydrogen) atoms. The highest BCUT2D eigenvalue weighted by Gasteiger charge is 2.51. The van der Waals surface area contributed by atoms with Crippen molar-refractivity contribution in [3.63, 3.8) is 0 Å². The highest BCUT2D eigenvalue weighted by molar-refractivity contribution is 7.99. The normalized spacial score (nSPS) is 15.1. The lowest BCUT2D eigenvalue weighted by Gasteiger charge is -2.37. The number of carbonyl (C=O) groups excluding carboxylic acids is 10. The lowest BCUT2D eigenvalue weighted by molar-refractivity contribution is -0.163. The summed E-state index contributed by atoms with van der Waals surface area (Å²) in [6, 6.07) is 0. The zero-order chi connectivity index (χ0) is 105. The molecule has 0 aromatic carbocycles. The number of carboxylic acid groups (broad SMARTS) is 1.